The van der Waals surface area contributed by atoms with Crippen LogP contribution in [-0.4, -0.2) is 46.4 Å². The highest BCUT2D eigenvalue weighted by Gasteiger charge is 2.31. The molecule has 0 radical (unpaired) electrons. The quantitative estimate of drug-likeness (QED) is 0.280. The second-order valence-electron chi connectivity index (χ2n) is 6.64. The predicted molar refractivity (Wildman–Crippen MR) is 115 cm³/mol. The van der Waals surface area contributed by atoms with Gasteiger partial charge < -0.3 is 10.1 Å². The van der Waals surface area contributed by atoms with E-state index in [-0.39, 0.29) is 50.0 Å². The lowest BCUT2D eigenvalue weighted by molar-refractivity contribution is -0.0925. The first kappa shape index (κ1) is 25.6. The number of alkyl halides is 6. The van der Waals surface area contributed by atoms with Crippen molar-refractivity contribution in [1.82, 2.24) is 14.4 Å². The molecule has 7 nitrogen and oxygen atoms in total. The van der Waals surface area contributed by atoms with Crippen molar-refractivity contribution in [2.45, 2.75) is 28.4 Å². The SMILES string of the molecule is CCS(=O)(=O)c1cc(N=CC=C(N)C(F)(F)F)cnc1-c1cn2ccc(SC(F)(F)F)cc2n1. The zero-order valence-electron chi connectivity index (χ0n) is 17.1. The van der Waals surface area contributed by atoms with Gasteiger partial charge in [0, 0.05) is 23.5 Å². The Kier molecular flexibility index (Phi) is 6.98. The third-order valence-corrected chi connectivity index (χ3v) is 6.73. The summed E-state index contributed by atoms with van der Waals surface area (Å²) in [5.74, 6) is -0.324. The highest BCUT2D eigenvalue weighted by molar-refractivity contribution is 8.00. The van der Waals surface area contributed by atoms with E-state index in [0.29, 0.717) is 6.08 Å². The first-order valence-corrected chi connectivity index (χ1v) is 11.7. The summed E-state index contributed by atoms with van der Waals surface area (Å²) in [6, 6.07) is 3.53. The van der Waals surface area contributed by atoms with Crippen molar-refractivity contribution < 1.29 is 34.8 Å². The van der Waals surface area contributed by atoms with E-state index >= 15 is 0 Å². The minimum absolute atomic E-state index is 0.0605. The topological polar surface area (TPSA) is 103 Å². The van der Waals surface area contributed by atoms with Crippen molar-refractivity contribution in [2.75, 3.05) is 5.75 Å². The molecule has 0 amide bonds. The molecule has 0 aliphatic carbocycles. The Bertz CT molecular complexity index is 1380. The first-order valence-electron chi connectivity index (χ1n) is 9.24. The Morgan fingerprint density at radius 2 is 1.94 bits per heavy atom. The summed E-state index contributed by atoms with van der Waals surface area (Å²) in [6.07, 6.45) is 0.376. The molecule has 3 aromatic heterocycles. The zero-order valence-corrected chi connectivity index (χ0v) is 18.7. The molecule has 0 aliphatic rings. The van der Waals surface area contributed by atoms with Crippen LogP contribution in [0.25, 0.3) is 17.0 Å². The van der Waals surface area contributed by atoms with Crippen LogP contribution in [-0.2, 0) is 9.84 Å². The lowest BCUT2D eigenvalue weighted by Crippen LogP contribution is -2.19. The third-order valence-electron chi connectivity index (χ3n) is 4.27. The van der Waals surface area contributed by atoms with E-state index < -0.39 is 27.2 Å². The number of rotatable bonds is 6. The molecular formula is C19H15F6N5O2S2. The van der Waals surface area contributed by atoms with E-state index in [0.717, 1.165) is 18.5 Å². The van der Waals surface area contributed by atoms with Gasteiger partial charge in [0.05, 0.1) is 22.5 Å². The predicted octanol–water partition coefficient (Wildman–Crippen LogP) is 4.91. The van der Waals surface area contributed by atoms with Gasteiger partial charge in [-0.25, -0.2) is 13.4 Å². The van der Waals surface area contributed by atoms with Crippen LogP contribution in [0.1, 0.15) is 6.92 Å². The molecule has 0 saturated heterocycles. The van der Waals surface area contributed by atoms with E-state index in [1.54, 1.807) is 0 Å². The van der Waals surface area contributed by atoms with Crippen molar-refractivity contribution in [3.63, 3.8) is 0 Å². The summed E-state index contributed by atoms with van der Waals surface area (Å²) < 4.78 is 102. The van der Waals surface area contributed by atoms with Crippen LogP contribution < -0.4 is 5.73 Å². The zero-order chi connectivity index (χ0) is 25.3. The Morgan fingerprint density at radius 1 is 1.24 bits per heavy atom. The second kappa shape index (κ2) is 9.29. The average molecular weight is 523 g/mol. The molecule has 0 aliphatic heterocycles. The number of thioether (sulfide) groups is 1. The van der Waals surface area contributed by atoms with E-state index in [4.69, 9.17) is 5.73 Å². The molecule has 0 aromatic carbocycles. The van der Waals surface area contributed by atoms with Crippen LogP contribution in [0.5, 0.6) is 0 Å². The molecule has 3 aromatic rings. The summed E-state index contributed by atoms with van der Waals surface area (Å²) in [5, 5.41) is 0. The molecular weight excluding hydrogens is 508 g/mol. The maximum atomic E-state index is 12.7. The lowest BCUT2D eigenvalue weighted by atomic mass is 10.3. The molecule has 3 rings (SSSR count). The van der Waals surface area contributed by atoms with Gasteiger partial charge in [0.2, 0.25) is 0 Å². The summed E-state index contributed by atoms with van der Waals surface area (Å²) in [7, 11) is -3.89. The fourth-order valence-corrected chi connectivity index (χ4v) is 4.29. The van der Waals surface area contributed by atoms with Crippen molar-refractivity contribution in [3.05, 3.63) is 48.6 Å². The molecule has 2 N–H and O–H groups in total. The number of nitrogens with two attached hydrogens (primary N) is 1. The largest absolute Gasteiger partial charge is 0.446 e. The average Bonchev–Trinajstić information content (AvgIpc) is 3.15. The van der Waals surface area contributed by atoms with Gasteiger partial charge in [-0.05, 0) is 36.0 Å². The summed E-state index contributed by atoms with van der Waals surface area (Å²) >= 11 is -0.320. The second-order valence-corrected chi connectivity index (χ2v) is 10.0. The summed E-state index contributed by atoms with van der Waals surface area (Å²) in [4.78, 5) is 11.6. The third kappa shape index (κ3) is 6.08. The van der Waals surface area contributed by atoms with E-state index in [2.05, 4.69) is 15.0 Å². The number of sulfone groups is 1. The van der Waals surface area contributed by atoms with Crippen molar-refractivity contribution in [2.24, 2.45) is 10.7 Å². The fourth-order valence-electron chi connectivity index (χ4n) is 2.66. The Hall–Kier alpha value is -3.07. The molecule has 3 heterocycles. The van der Waals surface area contributed by atoms with Crippen molar-refractivity contribution in [1.29, 1.82) is 0 Å². The number of allylic oxidation sites excluding steroid dienone is 2. The van der Waals surface area contributed by atoms with Crippen molar-refractivity contribution >= 4 is 39.1 Å². The van der Waals surface area contributed by atoms with Gasteiger partial charge in [0.25, 0.3) is 0 Å². The monoisotopic (exact) mass is 523 g/mol. The number of nitrogens with zero attached hydrogens (tertiary/aromatic N) is 4. The number of aromatic nitrogens is 3. The minimum Gasteiger partial charge on any atom is -0.395 e. The van der Waals surface area contributed by atoms with E-state index in [9.17, 15) is 34.8 Å². The van der Waals surface area contributed by atoms with E-state index in [1.165, 1.54) is 35.9 Å². The van der Waals surface area contributed by atoms with Gasteiger partial charge in [0.1, 0.15) is 22.7 Å². The van der Waals surface area contributed by atoms with Crippen molar-refractivity contribution in [3.8, 4) is 11.4 Å². The number of hydrogen-bond acceptors (Lipinski definition) is 7. The molecule has 0 fully saturated rings. The highest BCUT2D eigenvalue weighted by atomic mass is 32.2. The maximum absolute atomic E-state index is 12.7. The number of imidazole rings is 1. The first-order chi connectivity index (χ1) is 15.7. The lowest BCUT2D eigenvalue weighted by Gasteiger charge is -2.07. The van der Waals surface area contributed by atoms with Crippen LogP contribution in [0.4, 0.5) is 32.0 Å². The maximum Gasteiger partial charge on any atom is 0.446 e. The van der Waals surface area contributed by atoms with Crippen LogP contribution in [0.3, 0.4) is 0 Å². The molecule has 182 valence electrons. The number of hydrogen-bond donors (Lipinski definition) is 1. The van der Waals surface area contributed by atoms with Crippen LogP contribution in [0, 0.1) is 0 Å². The van der Waals surface area contributed by atoms with Gasteiger partial charge >= 0.3 is 11.7 Å². The molecule has 34 heavy (non-hydrogen) atoms. The Balaban J connectivity index is 2.05. The van der Waals surface area contributed by atoms with Gasteiger partial charge in [-0.2, -0.15) is 26.3 Å². The standard InChI is InChI=1S/C19H15F6N5O2S2/c1-2-34(31,32)14-7-11(27-5-3-15(26)18(20,21)22)9-28-17(14)13-10-30-6-4-12(8-16(30)29-13)33-19(23,24)25/h3-10H,2,26H2,1H3. The number of pyridine rings is 2. The summed E-state index contributed by atoms with van der Waals surface area (Å²) in [6.45, 7) is 1.38. The molecule has 15 heteroatoms. The normalized spacial score (nSPS) is 13.8. The summed E-state index contributed by atoms with van der Waals surface area (Å²) in [5.41, 5.74) is -0.960. The van der Waals surface area contributed by atoms with Crippen LogP contribution in [0.15, 0.2) is 63.3 Å². The smallest absolute Gasteiger partial charge is 0.395 e. The number of aliphatic imine (C=N–C) groups is 1. The van der Waals surface area contributed by atoms with Crippen LogP contribution in [0.2, 0.25) is 0 Å². The highest BCUT2D eigenvalue weighted by Crippen LogP contribution is 2.37. The van der Waals surface area contributed by atoms with Gasteiger partial charge in [-0.15, -0.1) is 0 Å². The molecule has 0 saturated carbocycles. The molecule has 0 spiro atoms. The number of fused-ring (bicyclic) bond motifs is 1. The van der Waals surface area contributed by atoms with E-state index in [1.807, 2.05) is 0 Å². The van der Waals surface area contributed by atoms with Crippen LogP contribution >= 0.6 is 11.8 Å². The fraction of sp³-hybridized carbons (Fsp3) is 0.211. The number of halogens is 6. The van der Waals surface area contributed by atoms with Gasteiger partial charge in [-0.3, -0.25) is 9.98 Å². The molecule has 0 bridgehead atoms. The Morgan fingerprint density at radius 3 is 2.56 bits per heavy atom. The Labute approximate surface area is 193 Å². The van der Waals surface area contributed by atoms with Gasteiger partial charge in [-0.1, -0.05) is 6.92 Å². The molecule has 0 atom stereocenters. The van der Waals surface area contributed by atoms with Gasteiger partial charge in [0.15, 0.2) is 9.84 Å². The minimum atomic E-state index is -4.74. The molecule has 0 unspecified atom stereocenters.